The first-order chi connectivity index (χ1) is 10.0. The van der Waals surface area contributed by atoms with E-state index < -0.39 is 46.8 Å². The molecule has 0 saturated carbocycles. The number of hydrogen-bond acceptors (Lipinski definition) is 7. The maximum Gasteiger partial charge on any atom is 1.00 e. The molecule has 2 rings (SSSR count). The summed E-state index contributed by atoms with van der Waals surface area (Å²) >= 11 is 0. The first-order valence-electron chi connectivity index (χ1n) is 6.25. The van der Waals surface area contributed by atoms with Crippen LogP contribution in [0, 0.1) is 0 Å². The standard InChI is InChI=1S/C10H14F2N2O7S.Na/c1-20-8(15)4-10(11,12)7-3-2-6-5-13(7)9(16)14(6)21-22(17,18)19;/h6-7H,2-5H2,1H3,(H,17,18,19);/q;+1/p-1/t6-,7+;/m1./s1. The number of rotatable bonds is 5. The van der Waals surface area contributed by atoms with E-state index in [4.69, 9.17) is 0 Å². The number of urea groups is 1. The van der Waals surface area contributed by atoms with Crippen LogP contribution in [0.2, 0.25) is 0 Å². The van der Waals surface area contributed by atoms with Crippen molar-refractivity contribution in [1.29, 1.82) is 0 Å². The van der Waals surface area contributed by atoms with Gasteiger partial charge in [-0.15, -0.1) is 0 Å². The van der Waals surface area contributed by atoms with Crippen LogP contribution in [0.25, 0.3) is 0 Å². The minimum absolute atomic E-state index is 0. The molecule has 0 radical (unpaired) electrons. The van der Waals surface area contributed by atoms with Gasteiger partial charge < -0.3 is 14.2 Å². The topological polar surface area (TPSA) is 116 Å². The number of piperidine rings is 1. The van der Waals surface area contributed by atoms with Gasteiger partial charge in [-0.3, -0.25) is 4.79 Å². The van der Waals surface area contributed by atoms with Gasteiger partial charge in [0.25, 0.3) is 5.92 Å². The van der Waals surface area contributed by atoms with Crippen LogP contribution in [0.15, 0.2) is 0 Å². The molecule has 0 aromatic carbocycles. The Morgan fingerprint density at radius 1 is 1.43 bits per heavy atom. The van der Waals surface area contributed by atoms with E-state index in [2.05, 4.69) is 9.02 Å². The van der Waals surface area contributed by atoms with Gasteiger partial charge in [0.1, 0.15) is 6.42 Å². The summed E-state index contributed by atoms with van der Waals surface area (Å²) in [5.74, 6) is -4.67. The number of esters is 1. The van der Waals surface area contributed by atoms with Crippen molar-refractivity contribution in [2.75, 3.05) is 13.7 Å². The van der Waals surface area contributed by atoms with E-state index in [-0.39, 0.29) is 48.9 Å². The molecule has 2 heterocycles. The second kappa shape index (κ2) is 7.15. The Bertz CT molecular complexity index is 588. The van der Waals surface area contributed by atoms with Gasteiger partial charge in [0.05, 0.1) is 19.2 Å². The molecule has 0 spiro atoms. The number of carbonyl (C=O) groups excluding carboxylic acids is 2. The van der Waals surface area contributed by atoms with Crippen molar-refractivity contribution in [3.8, 4) is 0 Å². The van der Waals surface area contributed by atoms with Gasteiger partial charge in [0.15, 0.2) is 0 Å². The van der Waals surface area contributed by atoms with Crippen LogP contribution < -0.4 is 29.6 Å². The van der Waals surface area contributed by atoms with Crippen LogP contribution in [0.5, 0.6) is 0 Å². The zero-order chi connectivity index (χ0) is 16.7. The zero-order valence-electron chi connectivity index (χ0n) is 12.4. The predicted molar refractivity (Wildman–Crippen MR) is 63.1 cm³/mol. The Balaban J connectivity index is 0.00000264. The summed E-state index contributed by atoms with van der Waals surface area (Å²) in [6, 6.07) is -3.55. The maximum atomic E-state index is 14.1. The number of halogens is 2. The number of fused-ring (bicyclic) bond motifs is 2. The second-order valence-electron chi connectivity index (χ2n) is 5.00. The Labute approximate surface area is 153 Å². The summed E-state index contributed by atoms with van der Waals surface area (Å²) in [5, 5.41) is 0.302. The molecule has 2 aliphatic rings. The van der Waals surface area contributed by atoms with Crippen LogP contribution in [0.3, 0.4) is 0 Å². The Morgan fingerprint density at radius 2 is 2.04 bits per heavy atom. The third-order valence-corrected chi connectivity index (χ3v) is 3.93. The average molecular weight is 366 g/mol. The summed E-state index contributed by atoms with van der Waals surface area (Å²) in [7, 11) is -4.22. The number of ether oxygens (including phenoxy) is 1. The van der Waals surface area contributed by atoms with Crippen LogP contribution in [0.4, 0.5) is 13.6 Å². The van der Waals surface area contributed by atoms with Gasteiger partial charge in [-0.1, -0.05) is 0 Å². The van der Waals surface area contributed by atoms with Gasteiger partial charge in [-0.05, 0) is 12.8 Å². The van der Waals surface area contributed by atoms with Gasteiger partial charge in [-0.25, -0.2) is 22.0 Å². The monoisotopic (exact) mass is 366 g/mol. The minimum Gasteiger partial charge on any atom is -0.724 e. The summed E-state index contributed by atoms with van der Waals surface area (Å²) in [4.78, 5) is 23.7. The number of methoxy groups -OCH3 is 1. The molecule has 2 atom stereocenters. The second-order valence-corrected chi connectivity index (χ2v) is 5.97. The number of nitrogens with zero attached hydrogens (tertiary/aromatic N) is 2. The Hall–Kier alpha value is -0.530. The molecule has 13 heteroatoms. The van der Waals surface area contributed by atoms with Crippen molar-refractivity contribution >= 4 is 22.4 Å². The molecule has 2 bridgehead atoms. The van der Waals surface area contributed by atoms with Crippen LogP contribution in [-0.2, 0) is 24.2 Å². The van der Waals surface area contributed by atoms with E-state index in [0.29, 0.717) is 9.96 Å². The van der Waals surface area contributed by atoms with E-state index in [0.717, 1.165) is 7.11 Å². The largest absolute Gasteiger partial charge is 1.00 e. The fourth-order valence-corrected chi connectivity index (χ4v) is 3.03. The minimum atomic E-state index is -5.19. The quantitative estimate of drug-likeness (QED) is 0.218. The summed E-state index contributed by atoms with van der Waals surface area (Å²) < 4.78 is 68.2. The van der Waals surface area contributed by atoms with Gasteiger partial charge in [0.2, 0.25) is 10.4 Å². The van der Waals surface area contributed by atoms with Crippen LogP contribution in [-0.4, -0.2) is 66.6 Å². The molecule has 126 valence electrons. The molecule has 0 aliphatic carbocycles. The summed E-state index contributed by atoms with van der Waals surface area (Å²) in [5.41, 5.74) is 0. The summed E-state index contributed by atoms with van der Waals surface area (Å²) in [6.07, 6.45) is -1.36. The predicted octanol–water partition coefficient (Wildman–Crippen LogP) is -3.15. The van der Waals surface area contributed by atoms with Crippen molar-refractivity contribution in [2.45, 2.75) is 37.3 Å². The maximum absolute atomic E-state index is 14.1. The molecule has 23 heavy (non-hydrogen) atoms. The molecule has 2 saturated heterocycles. The van der Waals surface area contributed by atoms with E-state index >= 15 is 0 Å². The smallest absolute Gasteiger partial charge is 0.724 e. The van der Waals surface area contributed by atoms with E-state index in [1.807, 2.05) is 0 Å². The van der Waals surface area contributed by atoms with Crippen molar-refractivity contribution in [1.82, 2.24) is 9.96 Å². The molecule has 2 amide bonds. The molecular formula is C10H13F2N2NaO7S. The van der Waals surface area contributed by atoms with E-state index in [1.165, 1.54) is 0 Å². The normalized spacial score (nSPS) is 24.4. The van der Waals surface area contributed by atoms with Crippen molar-refractivity contribution in [3.63, 3.8) is 0 Å². The van der Waals surface area contributed by atoms with E-state index in [1.54, 1.807) is 0 Å². The Kier molecular flexibility index (Phi) is 6.38. The van der Waals surface area contributed by atoms with E-state index in [9.17, 15) is 31.3 Å². The third kappa shape index (κ3) is 4.51. The van der Waals surface area contributed by atoms with Crippen molar-refractivity contribution < 1.29 is 69.9 Å². The molecule has 2 fully saturated rings. The summed E-state index contributed by atoms with van der Waals surface area (Å²) in [6.45, 7) is -0.213. The molecule has 0 aromatic rings. The molecule has 0 aromatic heterocycles. The number of hydrogen-bond donors (Lipinski definition) is 0. The average Bonchev–Trinajstić information content (AvgIpc) is 2.61. The Morgan fingerprint density at radius 3 is 2.57 bits per heavy atom. The number of alkyl halides is 2. The molecule has 0 N–H and O–H groups in total. The van der Waals surface area contributed by atoms with Crippen LogP contribution in [0.1, 0.15) is 19.3 Å². The van der Waals surface area contributed by atoms with Crippen molar-refractivity contribution in [3.05, 3.63) is 0 Å². The fourth-order valence-electron chi connectivity index (χ4n) is 2.65. The van der Waals surface area contributed by atoms with Gasteiger partial charge >= 0.3 is 41.6 Å². The van der Waals surface area contributed by atoms with Crippen molar-refractivity contribution in [2.24, 2.45) is 0 Å². The molecule has 0 unspecified atom stereocenters. The first-order valence-corrected chi connectivity index (χ1v) is 7.58. The molecular weight excluding hydrogens is 353 g/mol. The fraction of sp³-hybridized carbons (Fsp3) is 0.800. The van der Waals surface area contributed by atoms with Crippen LogP contribution >= 0.6 is 0 Å². The zero-order valence-corrected chi connectivity index (χ0v) is 15.2. The molecule has 9 nitrogen and oxygen atoms in total. The third-order valence-electron chi connectivity index (χ3n) is 3.59. The number of hydroxylamine groups is 2. The van der Waals surface area contributed by atoms with Gasteiger partial charge in [-0.2, -0.15) is 9.35 Å². The first kappa shape index (κ1) is 20.5. The van der Waals surface area contributed by atoms with Gasteiger partial charge in [0, 0.05) is 6.54 Å². The molecule has 2 aliphatic heterocycles. The SMILES string of the molecule is COC(=O)CC(F)(F)[C@@H]1CC[C@@H]2CN1C(=O)N2OS(=O)(=O)[O-].[Na+]. The number of amides is 2. The number of carbonyl (C=O) groups is 2.